The van der Waals surface area contributed by atoms with E-state index in [1.165, 1.54) is 0 Å². The Labute approximate surface area is 325 Å². The Morgan fingerprint density at radius 1 is 0.714 bits per heavy atom. The number of hydrogen-bond donors (Lipinski definition) is 0. The van der Waals surface area contributed by atoms with Crippen molar-refractivity contribution in [3.05, 3.63) is 142 Å². The highest BCUT2D eigenvalue weighted by molar-refractivity contribution is 6.02. The van der Waals surface area contributed by atoms with Crippen LogP contribution in [0, 0.1) is 0 Å². The number of nitrogens with zero attached hydrogens (tertiary/aromatic N) is 3. The second-order valence-corrected chi connectivity index (χ2v) is 12.9. The second kappa shape index (κ2) is 17.6. The number of fused-ring (bicyclic) bond motifs is 1. The van der Waals surface area contributed by atoms with E-state index < -0.39 is 0 Å². The molecule has 11 heteroatoms. The normalized spacial score (nSPS) is 13.6. The van der Waals surface area contributed by atoms with Crippen molar-refractivity contribution in [1.29, 1.82) is 0 Å². The molecule has 0 bridgehead atoms. The number of para-hydroxylation sites is 1. The van der Waals surface area contributed by atoms with Crippen molar-refractivity contribution < 1.29 is 33.3 Å². The lowest BCUT2D eigenvalue weighted by Crippen LogP contribution is -2.22. The third-order valence-corrected chi connectivity index (χ3v) is 9.41. The Kier molecular flexibility index (Phi) is 11.8. The highest BCUT2D eigenvalue weighted by Gasteiger charge is 2.27. The van der Waals surface area contributed by atoms with Crippen LogP contribution in [0.4, 0.5) is 0 Å². The number of benzene rings is 5. The number of methoxy groups -OCH3 is 4. The van der Waals surface area contributed by atoms with Crippen molar-refractivity contribution in [2.45, 2.75) is 25.4 Å². The van der Waals surface area contributed by atoms with Crippen molar-refractivity contribution >= 4 is 28.8 Å². The first-order chi connectivity index (χ1) is 27.5. The first kappa shape index (κ1) is 37.6. The Morgan fingerprint density at radius 3 is 2.12 bits per heavy atom. The van der Waals surface area contributed by atoms with Crippen LogP contribution < -0.4 is 34.0 Å². The minimum atomic E-state index is -0.300. The van der Waals surface area contributed by atoms with Gasteiger partial charge in [0.05, 0.1) is 64.0 Å². The monoisotopic (exact) mass is 753 g/mol. The van der Waals surface area contributed by atoms with Gasteiger partial charge in [-0.05, 0) is 90.7 Å². The molecule has 7 rings (SSSR count). The number of hydrogen-bond acceptors (Lipinski definition) is 10. The Hall–Kier alpha value is -6.75. The molecule has 56 heavy (non-hydrogen) atoms. The van der Waals surface area contributed by atoms with E-state index in [1.807, 2.05) is 115 Å². The summed E-state index contributed by atoms with van der Waals surface area (Å²) in [5.41, 5.74) is 4.73. The lowest BCUT2D eigenvalue weighted by atomic mass is 9.99. The van der Waals surface area contributed by atoms with Gasteiger partial charge in [0.15, 0.2) is 29.1 Å². The molecule has 5 aromatic carbocycles. The van der Waals surface area contributed by atoms with Gasteiger partial charge in [0.1, 0.15) is 11.6 Å². The lowest BCUT2D eigenvalue weighted by molar-refractivity contribution is 0.0854. The summed E-state index contributed by atoms with van der Waals surface area (Å²) in [6, 6.07) is 34.3. The van der Waals surface area contributed by atoms with Crippen LogP contribution >= 0.6 is 0 Å². The van der Waals surface area contributed by atoms with Gasteiger partial charge >= 0.3 is 0 Å². The third-order valence-electron chi connectivity index (χ3n) is 9.41. The predicted molar refractivity (Wildman–Crippen MR) is 217 cm³/mol. The summed E-state index contributed by atoms with van der Waals surface area (Å²) in [6.07, 6.45) is 5.60. The van der Waals surface area contributed by atoms with E-state index in [1.54, 1.807) is 39.1 Å². The fourth-order valence-electron chi connectivity index (χ4n) is 6.49. The minimum Gasteiger partial charge on any atom is -0.494 e. The molecule has 1 aromatic heterocycles. The molecule has 6 aromatic rings. The Bertz CT molecular complexity index is 2380. The Balaban J connectivity index is 0.941. The standard InChI is InChI=1S/C45H43N3O8/c1-50-38-22-17-31(39-29-37(47-56-39)32-27-41(51-2)44(53-4)42(28-32)52-3)26-40(38)55-25-11-10-24-54-34-20-18-33(19-21-34)48-43(23-16-30-12-6-5-7-13-30)46-36-15-9-8-14-35(36)45(48)49/h5-9,12-23,26-28,39H,10-11,24-25,29H2,1-4H3/b23-16+. The van der Waals surface area contributed by atoms with Crippen LogP contribution in [0.1, 0.15) is 47.9 Å². The van der Waals surface area contributed by atoms with Crippen LogP contribution in [0.3, 0.4) is 0 Å². The summed E-state index contributed by atoms with van der Waals surface area (Å²) in [5, 5.41) is 4.93. The maximum atomic E-state index is 13.7. The highest BCUT2D eigenvalue weighted by Crippen LogP contribution is 2.41. The zero-order chi connectivity index (χ0) is 38.9. The average molecular weight is 754 g/mol. The first-order valence-corrected chi connectivity index (χ1v) is 18.3. The zero-order valence-corrected chi connectivity index (χ0v) is 31.8. The van der Waals surface area contributed by atoms with E-state index >= 15 is 0 Å². The summed E-state index contributed by atoms with van der Waals surface area (Å²) in [5.74, 6) is 4.12. The predicted octanol–water partition coefficient (Wildman–Crippen LogP) is 8.69. The van der Waals surface area contributed by atoms with Crippen molar-refractivity contribution in [3.8, 4) is 40.2 Å². The van der Waals surface area contributed by atoms with Crippen molar-refractivity contribution in [3.63, 3.8) is 0 Å². The fraction of sp³-hybridized carbons (Fsp3) is 0.222. The van der Waals surface area contributed by atoms with Crippen LogP contribution in [0.2, 0.25) is 0 Å². The van der Waals surface area contributed by atoms with E-state index in [2.05, 4.69) is 5.16 Å². The van der Waals surface area contributed by atoms with Gasteiger partial charge in [0, 0.05) is 12.0 Å². The third kappa shape index (κ3) is 8.32. The number of rotatable bonds is 16. The van der Waals surface area contributed by atoms with E-state index in [-0.39, 0.29) is 11.7 Å². The first-order valence-electron chi connectivity index (χ1n) is 18.3. The van der Waals surface area contributed by atoms with Gasteiger partial charge in [-0.2, -0.15) is 0 Å². The molecule has 0 fully saturated rings. The molecule has 0 N–H and O–H groups in total. The van der Waals surface area contributed by atoms with E-state index in [0.29, 0.717) is 76.5 Å². The topological polar surface area (TPSA) is 112 Å². The summed E-state index contributed by atoms with van der Waals surface area (Å²) >= 11 is 0. The molecule has 1 aliphatic rings. The van der Waals surface area contributed by atoms with Gasteiger partial charge in [-0.25, -0.2) is 4.98 Å². The summed E-state index contributed by atoms with van der Waals surface area (Å²) in [6.45, 7) is 0.970. The molecule has 0 spiro atoms. The molecule has 286 valence electrons. The van der Waals surface area contributed by atoms with E-state index in [4.69, 9.17) is 38.2 Å². The molecule has 0 radical (unpaired) electrons. The quantitative estimate of drug-likeness (QED) is 0.0897. The maximum absolute atomic E-state index is 13.7. The van der Waals surface area contributed by atoms with Crippen LogP contribution in [-0.2, 0) is 4.84 Å². The second-order valence-electron chi connectivity index (χ2n) is 12.9. The van der Waals surface area contributed by atoms with Gasteiger partial charge in [-0.15, -0.1) is 0 Å². The largest absolute Gasteiger partial charge is 0.494 e. The number of ether oxygens (including phenoxy) is 6. The number of oxime groups is 1. The van der Waals surface area contributed by atoms with Gasteiger partial charge in [-0.1, -0.05) is 59.8 Å². The van der Waals surface area contributed by atoms with Crippen LogP contribution in [-0.4, -0.2) is 56.9 Å². The molecule has 1 unspecified atom stereocenters. The van der Waals surface area contributed by atoms with Gasteiger partial charge in [-0.3, -0.25) is 9.36 Å². The van der Waals surface area contributed by atoms with Crippen LogP contribution in [0.15, 0.2) is 119 Å². The molecular formula is C45H43N3O8. The molecule has 1 atom stereocenters. The molecule has 0 saturated carbocycles. The minimum absolute atomic E-state index is 0.136. The van der Waals surface area contributed by atoms with Crippen molar-refractivity contribution in [1.82, 2.24) is 9.55 Å². The Morgan fingerprint density at radius 2 is 1.41 bits per heavy atom. The van der Waals surface area contributed by atoms with Crippen molar-refractivity contribution in [2.24, 2.45) is 5.16 Å². The smallest absolute Gasteiger partial charge is 0.266 e. The molecule has 0 amide bonds. The van der Waals surface area contributed by atoms with Crippen LogP contribution in [0.5, 0.6) is 34.5 Å². The van der Waals surface area contributed by atoms with Gasteiger partial charge in [0.25, 0.3) is 5.56 Å². The van der Waals surface area contributed by atoms with E-state index in [9.17, 15) is 4.79 Å². The molecule has 11 nitrogen and oxygen atoms in total. The zero-order valence-electron chi connectivity index (χ0n) is 31.8. The SMILES string of the molecule is COc1ccc(C2CC(c3cc(OC)c(OC)c(OC)c3)=NO2)cc1OCCCCOc1ccc(-n2c(/C=C/c3ccccc3)nc3ccccc3c2=O)cc1. The molecule has 0 aliphatic carbocycles. The van der Waals surface area contributed by atoms with Crippen molar-refractivity contribution in [2.75, 3.05) is 41.7 Å². The maximum Gasteiger partial charge on any atom is 0.266 e. The molecule has 2 heterocycles. The van der Waals surface area contributed by atoms with Crippen LogP contribution in [0.25, 0.3) is 28.7 Å². The van der Waals surface area contributed by atoms with E-state index in [0.717, 1.165) is 35.2 Å². The fourth-order valence-corrected chi connectivity index (χ4v) is 6.49. The highest BCUT2D eigenvalue weighted by atomic mass is 16.6. The molecular weight excluding hydrogens is 711 g/mol. The average Bonchev–Trinajstić information content (AvgIpc) is 3.75. The summed E-state index contributed by atoms with van der Waals surface area (Å²) in [4.78, 5) is 24.4. The lowest BCUT2D eigenvalue weighted by Gasteiger charge is -2.15. The number of aromatic nitrogens is 2. The number of unbranched alkanes of at least 4 members (excludes halogenated alkanes) is 1. The van der Waals surface area contributed by atoms with Gasteiger partial charge in [0.2, 0.25) is 5.75 Å². The summed E-state index contributed by atoms with van der Waals surface area (Å²) < 4.78 is 35.9. The molecule has 1 aliphatic heterocycles. The van der Waals surface area contributed by atoms with Gasteiger partial charge < -0.3 is 33.3 Å². The molecule has 0 saturated heterocycles. The summed E-state index contributed by atoms with van der Waals surface area (Å²) in [7, 11) is 6.36.